The molecule has 0 aromatic heterocycles. The second-order valence-electron chi connectivity index (χ2n) is 17.4. The summed E-state index contributed by atoms with van der Waals surface area (Å²) >= 11 is 0. The average molecular weight is 852 g/mol. The monoisotopic (exact) mass is 852 g/mol. The molecule has 1 rings (SSSR count). The minimum absolute atomic E-state index is 0.305. The molecule has 7 N–H and O–H groups in total. The molecule has 60 heavy (non-hydrogen) atoms. The lowest BCUT2D eigenvalue weighted by Gasteiger charge is -2.40. The minimum atomic E-state index is -1.61. The summed E-state index contributed by atoms with van der Waals surface area (Å²) in [6.07, 6.45) is 39.4. The van der Waals surface area contributed by atoms with Crippen molar-refractivity contribution >= 4 is 5.91 Å². The summed E-state index contributed by atoms with van der Waals surface area (Å²) in [4.78, 5) is 13.1. The van der Waals surface area contributed by atoms with Crippen molar-refractivity contribution in [3.8, 4) is 0 Å². The van der Waals surface area contributed by atoms with Crippen LogP contribution in [0.4, 0.5) is 0 Å². The van der Waals surface area contributed by atoms with Crippen molar-refractivity contribution in [2.24, 2.45) is 0 Å². The summed E-state index contributed by atoms with van der Waals surface area (Å²) in [7, 11) is 0. The molecular formula is C50H93NO9. The Kier molecular flexibility index (Phi) is 37.7. The summed E-state index contributed by atoms with van der Waals surface area (Å²) < 4.78 is 11.2. The zero-order chi connectivity index (χ0) is 43.9. The van der Waals surface area contributed by atoms with E-state index in [2.05, 4.69) is 43.5 Å². The van der Waals surface area contributed by atoms with Gasteiger partial charge in [0.25, 0.3) is 0 Å². The maximum atomic E-state index is 13.1. The van der Waals surface area contributed by atoms with Crippen molar-refractivity contribution in [2.75, 3.05) is 13.2 Å². The third-order valence-electron chi connectivity index (χ3n) is 11.8. The van der Waals surface area contributed by atoms with Gasteiger partial charge in [-0.3, -0.25) is 4.79 Å². The van der Waals surface area contributed by atoms with Gasteiger partial charge in [-0.05, 0) is 44.9 Å². The number of nitrogens with one attached hydrogen (secondary N) is 1. The lowest BCUT2D eigenvalue weighted by atomic mass is 9.99. The van der Waals surface area contributed by atoms with Crippen LogP contribution < -0.4 is 5.32 Å². The Hall–Kier alpha value is -1.63. The molecule has 1 heterocycles. The highest BCUT2D eigenvalue weighted by Gasteiger charge is 2.44. The minimum Gasteiger partial charge on any atom is -0.394 e. The van der Waals surface area contributed by atoms with Crippen LogP contribution in [0.2, 0.25) is 0 Å². The summed E-state index contributed by atoms with van der Waals surface area (Å²) in [5, 5.41) is 64.8. The zero-order valence-corrected chi connectivity index (χ0v) is 38.3. The van der Waals surface area contributed by atoms with Gasteiger partial charge in [-0.25, -0.2) is 0 Å². The van der Waals surface area contributed by atoms with Gasteiger partial charge in [0.2, 0.25) is 5.91 Å². The van der Waals surface area contributed by atoms with Crippen molar-refractivity contribution < 1.29 is 44.9 Å². The van der Waals surface area contributed by atoms with E-state index in [-0.39, 0.29) is 6.61 Å². The highest BCUT2D eigenvalue weighted by Crippen LogP contribution is 2.23. The van der Waals surface area contributed by atoms with Crippen LogP contribution in [0.15, 0.2) is 36.5 Å². The number of aliphatic hydroxyl groups is 6. The number of aliphatic hydroxyl groups excluding tert-OH is 6. The maximum Gasteiger partial charge on any atom is 0.249 e. The second-order valence-corrected chi connectivity index (χ2v) is 17.4. The number of hydrogen-bond donors (Lipinski definition) is 7. The smallest absolute Gasteiger partial charge is 0.249 e. The molecule has 0 bridgehead atoms. The number of hydrogen-bond acceptors (Lipinski definition) is 9. The van der Waals surface area contributed by atoms with Crippen molar-refractivity contribution in [2.45, 2.75) is 262 Å². The normalized spacial score (nSPS) is 21.4. The Morgan fingerprint density at radius 1 is 0.600 bits per heavy atom. The van der Waals surface area contributed by atoms with Crippen molar-refractivity contribution in [1.82, 2.24) is 5.32 Å². The summed E-state index contributed by atoms with van der Waals surface area (Å²) in [5.74, 6) is -0.617. The van der Waals surface area contributed by atoms with Gasteiger partial charge in [-0.2, -0.15) is 0 Å². The third kappa shape index (κ3) is 29.6. The quantitative estimate of drug-likeness (QED) is 0.0234. The van der Waals surface area contributed by atoms with Gasteiger partial charge in [-0.1, -0.05) is 204 Å². The van der Waals surface area contributed by atoms with Crippen LogP contribution in [-0.4, -0.2) is 98.7 Å². The fourth-order valence-electron chi connectivity index (χ4n) is 7.79. The first kappa shape index (κ1) is 56.4. The molecule has 1 fully saturated rings. The van der Waals surface area contributed by atoms with Crippen LogP contribution in [0.3, 0.4) is 0 Å². The van der Waals surface area contributed by atoms with Crippen molar-refractivity contribution in [3.63, 3.8) is 0 Å². The number of allylic oxidation sites excluding steroid dienone is 5. The first-order chi connectivity index (χ1) is 29.3. The van der Waals surface area contributed by atoms with Crippen molar-refractivity contribution in [1.29, 1.82) is 0 Å². The van der Waals surface area contributed by atoms with E-state index in [0.29, 0.717) is 12.8 Å². The van der Waals surface area contributed by atoms with Crippen LogP contribution in [0.25, 0.3) is 0 Å². The van der Waals surface area contributed by atoms with Gasteiger partial charge in [0.15, 0.2) is 6.29 Å². The van der Waals surface area contributed by atoms with Crippen LogP contribution in [0.5, 0.6) is 0 Å². The predicted molar refractivity (Wildman–Crippen MR) is 246 cm³/mol. The zero-order valence-electron chi connectivity index (χ0n) is 38.3. The molecule has 0 aromatic carbocycles. The number of amides is 1. The summed E-state index contributed by atoms with van der Waals surface area (Å²) in [5.41, 5.74) is 0. The molecule has 1 aliphatic rings. The van der Waals surface area contributed by atoms with E-state index in [1.165, 1.54) is 135 Å². The first-order valence-electron chi connectivity index (χ1n) is 24.8. The van der Waals surface area contributed by atoms with Gasteiger partial charge >= 0.3 is 0 Å². The van der Waals surface area contributed by atoms with E-state index in [0.717, 1.165) is 51.4 Å². The van der Waals surface area contributed by atoms with E-state index in [9.17, 15) is 35.4 Å². The topological polar surface area (TPSA) is 169 Å². The van der Waals surface area contributed by atoms with Crippen LogP contribution >= 0.6 is 0 Å². The molecule has 10 heteroatoms. The Bertz CT molecular complexity index is 1050. The Morgan fingerprint density at radius 3 is 1.57 bits per heavy atom. The molecule has 0 aliphatic carbocycles. The molecule has 0 aromatic rings. The van der Waals surface area contributed by atoms with E-state index in [4.69, 9.17) is 9.47 Å². The summed E-state index contributed by atoms with van der Waals surface area (Å²) in [6, 6.07) is -0.979. The lowest BCUT2D eigenvalue weighted by molar-refractivity contribution is -0.302. The molecule has 8 unspecified atom stereocenters. The molecule has 1 aliphatic heterocycles. The van der Waals surface area contributed by atoms with Gasteiger partial charge in [0, 0.05) is 0 Å². The SMILES string of the molecule is CC/C=C\C/C=C\CCCCCCCCCCCCCCCC(O)C(=O)NC(COC1OC(CO)C(O)C(O)C1O)C(O)/C=C/CCCCCCCCCCCCCCC. The third-order valence-corrected chi connectivity index (χ3v) is 11.8. The van der Waals surface area contributed by atoms with E-state index in [1.807, 2.05) is 6.08 Å². The second kappa shape index (κ2) is 40.2. The molecule has 10 nitrogen and oxygen atoms in total. The molecule has 0 spiro atoms. The fraction of sp³-hybridized carbons (Fsp3) is 0.860. The highest BCUT2D eigenvalue weighted by atomic mass is 16.7. The lowest BCUT2D eigenvalue weighted by Crippen LogP contribution is -2.60. The predicted octanol–water partition coefficient (Wildman–Crippen LogP) is 9.81. The van der Waals surface area contributed by atoms with Crippen LogP contribution in [0, 0.1) is 0 Å². The molecule has 1 amide bonds. The highest BCUT2D eigenvalue weighted by molar-refractivity contribution is 5.80. The number of carbonyl (C=O) groups excluding carboxylic acids is 1. The number of carbonyl (C=O) groups is 1. The van der Waals surface area contributed by atoms with Crippen molar-refractivity contribution in [3.05, 3.63) is 36.5 Å². The van der Waals surface area contributed by atoms with Gasteiger partial charge in [-0.15, -0.1) is 0 Å². The standard InChI is InChI=1S/C50H93NO9/c1-3-5-7-9-11-13-15-17-19-20-21-22-23-25-27-29-31-33-35-37-39-44(54)49(58)51-42(41-59-50-48(57)47(56)46(55)45(40-52)60-50)43(53)38-36-34-32-30-28-26-24-18-16-14-12-10-8-6-4-2/h5,7,11,13,36,38,42-48,50,52-57H,3-4,6,8-10,12,14-35,37,39-41H2,1-2H3,(H,51,58)/b7-5-,13-11-,38-36+. The Morgan fingerprint density at radius 2 is 1.07 bits per heavy atom. The molecule has 352 valence electrons. The van der Waals surface area contributed by atoms with Crippen LogP contribution in [0.1, 0.15) is 213 Å². The Labute approximate surface area is 366 Å². The number of ether oxygens (including phenoxy) is 2. The first-order valence-corrected chi connectivity index (χ1v) is 24.8. The average Bonchev–Trinajstić information content (AvgIpc) is 3.25. The van der Waals surface area contributed by atoms with E-state index >= 15 is 0 Å². The molecule has 0 radical (unpaired) electrons. The van der Waals surface area contributed by atoms with Gasteiger partial charge in [0.1, 0.15) is 30.5 Å². The van der Waals surface area contributed by atoms with Gasteiger partial charge in [0.05, 0.1) is 25.4 Å². The largest absolute Gasteiger partial charge is 0.394 e. The van der Waals surface area contributed by atoms with E-state index in [1.54, 1.807) is 6.08 Å². The molecule has 8 atom stereocenters. The summed E-state index contributed by atoms with van der Waals surface area (Å²) in [6.45, 7) is 3.51. The van der Waals surface area contributed by atoms with Crippen LogP contribution in [-0.2, 0) is 14.3 Å². The van der Waals surface area contributed by atoms with Gasteiger partial charge < -0.3 is 45.4 Å². The molecule has 0 saturated carbocycles. The Balaban J connectivity index is 2.35. The maximum absolute atomic E-state index is 13.1. The fourth-order valence-corrected chi connectivity index (χ4v) is 7.79. The number of rotatable bonds is 41. The number of unbranched alkanes of at least 4 members (excludes halogenated alkanes) is 26. The van der Waals surface area contributed by atoms with E-state index < -0.39 is 61.5 Å². The molecule has 1 saturated heterocycles. The molecular weight excluding hydrogens is 759 g/mol.